The first-order chi connectivity index (χ1) is 13.5. The summed E-state index contributed by atoms with van der Waals surface area (Å²) in [5.41, 5.74) is 4.86. The molecule has 0 aliphatic carbocycles. The number of aryl methyl sites for hydroxylation is 5. The van der Waals surface area contributed by atoms with E-state index in [2.05, 4.69) is 25.4 Å². The number of nitrogens with one attached hydrogen (secondary N) is 1. The van der Waals surface area contributed by atoms with E-state index in [1.165, 1.54) is 0 Å². The van der Waals surface area contributed by atoms with Gasteiger partial charge in [-0.3, -0.25) is 9.78 Å². The maximum Gasteiger partial charge on any atom is 0.453 e. The Morgan fingerprint density at radius 3 is 2.38 bits per heavy atom. The van der Waals surface area contributed by atoms with Crippen molar-refractivity contribution in [3.05, 3.63) is 45.8 Å². The first kappa shape index (κ1) is 20.7. The topological polar surface area (TPSA) is 85.1 Å². The van der Waals surface area contributed by atoms with Gasteiger partial charge in [0.1, 0.15) is 0 Å². The number of hydrogen-bond acceptors (Lipinski definition) is 5. The third kappa shape index (κ3) is 4.20. The number of aromatic nitrogens is 5. The van der Waals surface area contributed by atoms with Crippen molar-refractivity contribution in [2.45, 2.75) is 53.6 Å². The van der Waals surface area contributed by atoms with Crippen molar-refractivity contribution >= 4 is 17.4 Å². The van der Waals surface area contributed by atoms with E-state index in [4.69, 9.17) is 0 Å². The fourth-order valence-electron chi connectivity index (χ4n) is 3.34. The fourth-order valence-corrected chi connectivity index (χ4v) is 3.34. The molecule has 0 aliphatic heterocycles. The van der Waals surface area contributed by atoms with Gasteiger partial charge in [0.05, 0.1) is 11.4 Å². The van der Waals surface area contributed by atoms with Crippen LogP contribution in [0.15, 0.2) is 6.07 Å². The summed E-state index contributed by atoms with van der Waals surface area (Å²) in [4.78, 5) is 24.4. The summed E-state index contributed by atoms with van der Waals surface area (Å²) in [6.07, 6.45) is -4.20. The number of halogens is 3. The van der Waals surface area contributed by atoms with E-state index >= 15 is 0 Å². The SMILES string of the molecule is Cc1cc(C)c(NC(=O)CCc2c(C)nc3nc(C(F)(F)F)nn3c2C)c(C)n1. The molecule has 0 unspecified atom stereocenters. The van der Waals surface area contributed by atoms with Crippen LogP contribution in [0.2, 0.25) is 0 Å². The third-order valence-electron chi connectivity index (χ3n) is 4.69. The lowest BCUT2D eigenvalue weighted by Gasteiger charge is -2.13. The van der Waals surface area contributed by atoms with Gasteiger partial charge in [0.15, 0.2) is 0 Å². The quantitative estimate of drug-likeness (QED) is 0.715. The zero-order valence-electron chi connectivity index (χ0n) is 16.8. The second-order valence-corrected chi connectivity index (χ2v) is 7.00. The zero-order valence-corrected chi connectivity index (χ0v) is 16.8. The molecular formula is C19H21F3N6O. The van der Waals surface area contributed by atoms with E-state index in [9.17, 15) is 18.0 Å². The molecule has 0 fully saturated rings. The highest BCUT2D eigenvalue weighted by molar-refractivity contribution is 5.92. The van der Waals surface area contributed by atoms with Crippen LogP contribution < -0.4 is 5.32 Å². The molecule has 154 valence electrons. The maximum absolute atomic E-state index is 12.9. The summed E-state index contributed by atoms with van der Waals surface area (Å²) in [6.45, 7) is 8.92. The molecule has 10 heteroatoms. The van der Waals surface area contributed by atoms with Crippen molar-refractivity contribution in [1.29, 1.82) is 0 Å². The minimum atomic E-state index is -4.65. The number of alkyl halides is 3. The zero-order chi connectivity index (χ0) is 21.5. The number of nitrogens with zero attached hydrogens (tertiary/aromatic N) is 5. The van der Waals surface area contributed by atoms with Crippen LogP contribution in [0.3, 0.4) is 0 Å². The molecule has 1 amide bonds. The second-order valence-electron chi connectivity index (χ2n) is 7.00. The number of rotatable bonds is 4. The number of anilines is 1. The van der Waals surface area contributed by atoms with Crippen molar-refractivity contribution in [2.75, 3.05) is 5.32 Å². The number of carbonyl (C=O) groups excluding carboxylic acids is 1. The number of amides is 1. The van der Waals surface area contributed by atoms with Crippen molar-refractivity contribution in [3.8, 4) is 0 Å². The van der Waals surface area contributed by atoms with E-state index in [0.717, 1.165) is 21.5 Å². The van der Waals surface area contributed by atoms with Crippen molar-refractivity contribution in [3.63, 3.8) is 0 Å². The van der Waals surface area contributed by atoms with Gasteiger partial charge in [-0.1, -0.05) is 0 Å². The van der Waals surface area contributed by atoms with Gasteiger partial charge in [0.2, 0.25) is 5.91 Å². The number of carbonyl (C=O) groups is 1. The summed E-state index contributed by atoms with van der Waals surface area (Å²) in [7, 11) is 0. The van der Waals surface area contributed by atoms with Crippen LogP contribution in [0, 0.1) is 34.6 Å². The van der Waals surface area contributed by atoms with Crippen LogP contribution >= 0.6 is 0 Å². The van der Waals surface area contributed by atoms with Crippen molar-refractivity contribution < 1.29 is 18.0 Å². The van der Waals surface area contributed by atoms with E-state index in [-0.39, 0.29) is 18.1 Å². The van der Waals surface area contributed by atoms with Crippen LogP contribution in [0.25, 0.3) is 5.78 Å². The minimum absolute atomic E-state index is 0.113. The van der Waals surface area contributed by atoms with Gasteiger partial charge in [0.25, 0.3) is 11.6 Å². The highest BCUT2D eigenvalue weighted by Gasteiger charge is 2.37. The monoisotopic (exact) mass is 406 g/mol. The maximum atomic E-state index is 12.9. The highest BCUT2D eigenvalue weighted by atomic mass is 19.4. The lowest BCUT2D eigenvalue weighted by molar-refractivity contribution is -0.144. The molecule has 7 nitrogen and oxygen atoms in total. The Labute approximate surface area is 165 Å². The van der Waals surface area contributed by atoms with Crippen molar-refractivity contribution in [2.24, 2.45) is 0 Å². The van der Waals surface area contributed by atoms with Gasteiger partial charge in [-0.05, 0) is 58.2 Å². The molecule has 0 atom stereocenters. The predicted octanol–water partition coefficient (Wildman–Crippen LogP) is 3.65. The number of pyridine rings is 1. The molecule has 0 radical (unpaired) electrons. The Morgan fingerprint density at radius 2 is 1.76 bits per heavy atom. The standard InChI is InChI=1S/C19H21F3N6O/c1-9-8-10(2)23-12(4)16(9)25-15(29)7-6-14-11(3)24-18-26-17(19(20,21)22)27-28(18)13(14)5/h8H,6-7H2,1-5H3,(H,25,29). The van der Waals surface area contributed by atoms with Gasteiger partial charge < -0.3 is 5.32 Å². The Morgan fingerprint density at radius 1 is 1.07 bits per heavy atom. The molecule has 3 heterocycles. The van der Waals surface area contributed by atoms with E-state index < -0.39 is 12.0 Å². The molecule has 0 saturated carbocycles. The lowest BCUT2D eigenvalue weighted by Crippen LogP contribution is -2.16. The van der Waals surface area contributed by atoms with E-state index in [0.29, 0.717) is 29.1 Å². The highest BCUT2D eigenvalue weighted by Crippen LogP contribution is 2.27. The molecule has 0 spiro atoms. The Balaban J connectivity index is 1.81. The molecule has 0 aromatic carbocycles. The molecular weight excluding hydrogens is 385 g/mol. The van der Waals surface area contributed by atoms with Crippen molar-refractivity contribution in [1.82, 2.24) is 24.6 Å². The second kappa shape index (κ2) is 7.41. The summed E-state index contributed by atoms with van der Waals surface area (Å²) in [5.74, 6) is -1.56. The molecule has 3 aromatic rings. The van der Waals surface area contributed by atoms with Gasteiger partial charge in [-0.15, -0.1) is 5.10 Å². The Kier molecular flexibility index (Phi) is 5.29. The number of fused-ring (bicyclic) bond motifs is 1. The summed E-state index contributed by atoms with van der Waals surface area (Å²) in [6, 6.07) is 1.89. The molecule has 3 aromatic heterocycles. The van der Waals surface area contributed by atoms with Crippen LogP contribution in [-0.2, 0) is 17.4 Å². The molecule has 1 N–H and O–H groups in total. The van der Waals surface area contributed by atoms with Crippen LogP contribution in [-0.4, -0.2) is 30.5 Å². The van der Waals surface area contributed by atoms with E-state index in [1.54, 1.807) is 13.8 Å². The van der Waals surface area contributed by atoms with Gasteiger partial charge in [-0.2, -0.15) is 18.2 Å². The third-order valence-corrected chi connectivity index (χ3v) is 4.69. The molecule has 0 bridgehead atoms. The van der Waals surface area contributed by atoms with Gasteiger partial charge in [0, 0.05) is 23.5 Å². The number of hydrogen-bond donors (Lipinski definition) is 1. The smallest absolute Gasteiger partial charge is 0.324 e. The predicted molar refractivity (Wildman–Crippen MR) is 101 cm³/mol. The summed E-state index contributed by atoms with van der Waals surface area (Å²) < 4.78 is 39.7. The largest absolute Gasteiger partial charge is 0.453 e. The minimum Gasteiger partial charge on any atom is -0.324 e. The van der Waals surface area contributed by atoms with Gasteiger partial charge in [-0.25, -0.2) is 9.50 Å². The van der Waals surface area contributed by atoms with E-state index in [1.807, 2.05) is 26.8 Å². The van der Waals surface area contributed by atoms with Crippen LogP contribution in [0.4, 0.5) is 18.9 Å². The Bertz CT molecular complexity index is 1080. The summed E-state index contributed by atoms with van der Waals surface area (Å²) in [5, 5.41) is 6.39. The molecule has 0 aliphatic rings. The molecule has 3 rings (SSSR count). The Hall–Kier alpha value is -3.04. The average Bonchev–Trinajstić information content (AvgIpc) is 3.02. The first-order valence-electron chi connectivity index (χ1n) is 9.02. The van der Waals surface area contributed by atoms with Gasteiger partial charge >= 0.3 is 6.18 Å². The molecule has 0 saturated heterocycles. The van der Waals surface area contributed by atoms with Crippen LogP contribution in [0.5, 0.6) is 0 Å². The summed E-state index contributed by atoms with van der Waals surface area (Å²) >= 11 is 0. The van der Waals surface area contributed by atoms with Crippen LogP contribution in [0.1, 0.15) is 46.1 Å². The normalized spacial score (nSPS) is 11.9. The molecule has 29 heavy (non-hydrogen) atoms. The lowest BCUT2D eigenvalue weighted by atomic mass is 10.1. The fraction of sp³-hybridized carbons (Fsp3) is 0.421. The first-order valence-corrected chi connectivity index (χ1v) is 9.02. The average molecular weight is 406 g/mol.